The summed E-state index contributed by atoms with van der Waals surface area (Å²) in [5.41, 5.74) is 3.73. The highest BCUT2D eigenvalue weighted by Crippen LogP contribution is 2.34. The number of hydrogen-bond acceptors (Lipinski definition) is 7. The van der Waals surface area contributed by atoms with Crippen molar-refractivity contribution in [2.45, 2.75) is 0 Å². The molecule has 0 radical (unpaired) electrons. The lowest BCUT2D eigenvalue weighted by Gasteiger charge is -2.28. The number of benzene rings is 2. The minimum Gasteiger partial charge on any atom is -0.493 e. The van der Waals surface area contributed by atoms with E-state index in [1.54, 1.807) is 20.4 Å². The predicted octanol–water partition coefficient (Wildman–Crippen LogP) is 2.82. The van der Waals surface area contributed by atoms with Crippen molar-refractivity contribution in [3.05, 3.63) is 42.7 Å². The minimum absolute atomic E-state index is 0.617. The van der Waals surface area contributed by atoms with E-state index in [1.807, 2.05) is 23.0 Å². The Morgan fingerprint density at radius 1 is 0.966 bits per heavy atom. The number of methoxy groups -OCH3 is 2. The van der Waals surface area contributed by atoms with Gasteiger partial charge in [-0.2, -0.15) is 15.3 Å². The predicted molar refractivity (Wildman–Crippen MR) is 110 cm³/mol. The van der Waals surface area contributed by atoms with Crippen LogP contribution < -0.4 is 14.4 Å². The fourth-order valence-electron chi connectivity index (χ4n) is 3.76. The van der Waals surface area contributed by atoms with Crippen molar-refractivity contribution in [3.63, 3.8) is 0 Å². The monoisotopic (exact) mass is 391 g/mol. The third-order valence-electron chi connectivity index (χ3n) is 5.28. The number of aromatic nitrogens is 4. The van der Waals surface area contributed by atoms with E-state index >= 15 is 0 Å². The molecular weight excluding hydrogens is 370 g/mol. The van der Waals surface area contributed by atoms with Crippen LogP contribution in [0.25, 0.3) is 27.5 Å². The van der Waals surface area contributed by atoms with Crippen LogP contribution >= 0.6 is 0 Å². The molecule has 0 N–H and O–H groups in total. The van der Waals surface area contributed by atoms with Crippen LogP contribution in [0.2, 0.25) is 0 Å². The third-order valence-corrected chi connectivity index (χ3v) is 5.28. The van der Waals surface area contributed by atoms with Crippen LogP contribution in [0.1, 0.15) is 0 Å². The molecule has 148 valence electrons. The van der Waals surface area contributed by atoms with Crippen molar-refractivity contribution < 1.29 is 14.2 Å². The molecule has 0 bridgehead atoms. The van der Waals surface area contributed by atoms with Crippen molar-refractivity contribution in [2.24, 2.45) is 0 Å². The lowest BCUT2D eigenvalue weighted by Crippen LogP contribution is -2.36. The van der Waals surface area contributed by atoms with Crippen molar-refractivity contribution >= 4 is 27.5 Å². The van der Waals surface area contributed by atoms with Gasteiger partial charge in [-0.25, -0.2) is 4.68 Å². The molecular formula is C21H21N5O3. The van der Waals surface area contributed by atoms with Gasteiger partial charge in [0.15, 0.2) is 11.5 Å². The van der Waals surface area contributed by atoms with Crippen molar-refractivity contribution in [1.29, 1.82) is 0 Å². The fourth-order valence-corrected chi connectivity index (χ4v) is 3.76. The molecule has 2 aromatic carbocycles. The Kier molecular flexibility index (Phi) is 4.40. The second-order valence-electron chi connectivity index (χ2n) is 6.85. The Labute approximate surface area is 167 Å². The summed E-state index contributed by atoms with van der Waals surface area (Å²) in [5.74, 6) is 1.26. The summed E-state index contributed by atoms with van der Waals surface area (Å²) >= 11 is 0. The smallest absolute Gasteiger partial charge is 0.162 e. The van der Waals surface area contributed by atoms with E-state index in [4.69, 9.17) is 14.2 Å². The van der Waals surface area contributed by atoms with Gasteiger partial charge in [-0.05, 0) is 24.3 Å². The average Bonchev–Trinajstić information content (AvgIpc) is 3.21. The summed E-state index contributed by atoms with van der Waals surface area (Å²) in [6.07, 6.45) is 3.59. The van der Waals surface area contributed by atoms with Gasteiger partial charge in [-0.3, -0.25) is 0 Å². The molecule has 0 amide bonds. The Hall–Kier alpha value is -3.39. The van der Waals surface area contributed by atoms with Gasteiger partial charge in [-0.15, -0.1) is 0 Å². The van der Waals surface area contributed by atoms with Gasteiger partial charge in [0.25, 0.3) is 0 Å². The fraction of sp³-hybridized carbons (Fsp3) is 0.286. The normalized spacial score (nSPS) is 14.5. The van der Waals surface area contributed by atoms with E-state index < -0.39 is 0 Å². The van der Waals surface area contributed by atoms with Crippen LogP contribution in [-0.2, 0) is 4.74 Å². The quantitative estimate of drug-likeness (QED) is 0.530. The van der Waals surface area contributed by atoms with E-state index in [0.29, 0.717) is 17.0 Å². The molecule has 0 saturated carbocycles. The number of rotatable bonds is 4. The summed E-state index contributed by atoms with van der Waals surface area (Å²) in [6, 6.07) is 10.1. The molecule has 0 spiro atoms. The molecule has 3 heterocycles. The topological polar surface area (TPSA) is 74.5 Å². The first-order chi connectivity index (χ1) is 14.3. The van der Waals surface area contributed by atoms with Gasteiger partial charge in [-0.1, -0.05) is 0 Å². The Morgan fingerprint density at radius 3 is 2.55 bits per heavy atom. The summed E-state index contributed by atoms with van der Waals surface area (Å²) in [6.45, 7) is 3.27. The molecule has 29 heavy (non-hydrogen) atoms. The summed E-state index contributed by atoms with van der Waals surface area (Å²) in [4.78, 5) is 2.33. The molecule has 1 saturated heterocycles. The maximum atomic E-state index is 5.48. The molecule has 0 atom stereocenters. The maximum Gasteiger partial charge on any atom is 0.162 e. The van der Waals surface area contributed by atoms with Crippen LogP contribution in [0.3, 0.4) is 0 Å². The second kappa shape index (κ2) is 7.21. The zero-order valence-corrected chi connectivity index (χ0v) is 16.3. The molecule has 5 rings (SSSR count). The third kappa shape index (κ3) is 3.01. The Bertz CT molecular complexity index is 1180. The number of hydrogen-bond donors (Lipinski definition) is 0. The molecule has 1 aliphatic heterocycles. The van der Waals surface area contributed by atoms with Crippen molar-refractivity contribution in [1.82, 2.24) is 20.0 Å². The molecule has 0 aliphatic carbocycles. The number of ether oxygens (including phenoxy) is 3. The van der Waals surface area contributed by atoms with Crippen LogP contribution in [0.4, 0.5) is 5.69 Å². The van der Waals surface area contributed by atoms with E-state index in [1.165, 1.54) is 0 Å². The van der Waals surface area contributed by atoms with Gasteiger partial charge in [0.2, 0.25) is 0 Å². The first-order valence-electron chi connectivity index (χ1n) is 9.47. The first-order valence-corrected chi connectivity index (χ1v) is 9.47. The zero-order chi connectivity index (χ0) is 19.8. The van der Waals surface area contributed by atoms with Gasteiger partial charge in [0.1, 0.15) is 0 Å². The average molecular weight is 391 g/mol. The van der Waals surface area contributed by atoms with Crippen LogP contribution in [-0.4, -0.2) is 60.5 Å². The zero-order valence-electron chi connectivity index (χ0n) is 16.3. The van der Waals surface area contributed by atoms with Crippen molar-refractivity contribution in [2.75, 3.05) is 45.4 Å². The van der Waals surface area contributed by atoms with E-state index in [9.17, 15) is 0 Å². The lowest BCUT2D eigenvalue weighted by atomic mass is 10.1. The molecule has 8 heteroatoms. The Morgan fingerprint density at radius 2 is 1.76 bits per heavy atom. The highest BCUT2D eigenvalue weighted by Gasteiger charge is 2.16. The van der Waals surface area contributed by atoms with Crippen molar-refractivity contribution in [3.8, 4) is 17.2 Å². The summed E-state index contributed by atoms with van der Waals surface area (Å²) < 4.78 is 18.3. The summed E-state index contributed by atoms with van der Waals surface area (Å²) in [5, 5.41) is 15.0. The van der Waals surface area contributed by atoms with Crippen LogP contribution in [0, 0.1) is 0 Å². The van der Waals surface area contributed by atoms with Gasteiger partial charge in [0, 0.05) is 35.6 Å². The minimum atomic E-state index is 0.617. The van der Waals surface area contributed by atoms with Crippen LogP contribution in [0.5, 0.6) is 11.5 Å². The number of anilines is 1. The number of morpholine rings is 1. The second-order valence-corrected chi connectivity index (χ2v) is 6.85. The molecule has 2 aromatic heterocycles. The number of nitrogens with zero attached hydrogens (tertiary/aromatic N) is 5. The van der Waals surface area contributed by atoms with E-state index in [-0.39, 0.29) is 0 Å². The molecule has 8 nitrogen and oxygen atoms in total. The largest absolute Gasteiger partial charge is 0.493 e. The van der Waals surface area contributed by atoms with E-state index in [0.717, 1.165) is 54.0 Å². The Balaban J connectivity index is 1.68. The highest BCUT2D eigenvalue weighted by atomic mass is 16.5. The van der Waals surface area contributed by atoms with E-state index in [2.05, 4.69) is 38.4 Å². The van der Waals surface area contributed by atoms with Gasteiger partial charge >= 0.3 is 0 Å². The lowest BCUT2D eigenvalue weighted by molar-refractivity contribution is 0.122. The molecule has 1 aliphatic rings. The first kappa shape index (κ1) is 17.7. The SMILES string of the molecule is COc1cc2nncc(-n3ncc4ccc(N5CCOCC5)cc43)c2cc1OC. The molecule has 0 unspecified atom stereocenters. The molecule has 1 fully saturated rings. The highest BCUT2D eigenvalue weighted by molar-refractivity contribution is 5.92. The standard InChI is InChI=1S/C21H21N5O3/c1-27-20-10-16-17(11-21(20)28-2)24-22-13-19(16)26-18-9-15(4-3-14(18)12-23-26)25-5-7-29-8-6-25/h3-4,9-13H,5-8H2,1-2H3. The maximum absolute atomic E-state index is 5.48. The van der Waals surface area contributed by atoms with Gasteiger partial charge in [0.05, 0.1) is 56.5 Å². The van der Waals surface area contributed by atoms with Crippen LogP contribution in [0.15, 0.2) is 42.7 Å². The summed E-state index contributed by atoms with van der Waals surface area (Å²) in [7, 11) is 3.23. The molecule has 4 aromatic rings. The number of fused-ring (bicyclic) bond motifs is 2. The van der Waals surface area contributed by atoms with Gasteiger partial charge < -0.3 is 19.1 Å².